The third-order valence-corrected chi connectivity index (χ3v) is 6.53. The first-order chi connectivity index (χ1) is 17.3. The first kappa shape index (κ1) is 24.0. The molecule has 12 heteroatoms. The Morgan fingerprint density at radius 3 is 2.86 bits per heavy atom. The van der Waals surface area contributed by atoms with Gasteiger partial charge in [0.05, 0.1) is 16.7 Å². The second-order valence-corrected chi connectivity index (χ2v) is 9.79. The number of benzene rings is 1. The zero-order valence-electron chi connectivity index (χ0n) is 19.6. The van der Waals surface area contributed by atoms with Crippen LogP contribution in [-0.2, 0) is 13.1 Å². The van der Waals surface area contributed by atoms with Gasteiger partial charge in [0, 0.05) is 35.5 Å². The van der Waals surface area contributed by atoms with Crippen molar-refractivity contribution in [3.05, 3.63) is 80.2 Å². The van der Waals surface area contributed by atoms with E-state index in [1.165, 1.54) is 43.6 Å². The molecule has 0 aliphatic heterocycles. The van der Waals surface area contributed by atoms with Gasteiger partial charge in [0.2, 0.25) is 5.75 Å². The van der Waals surface area contributed by atoms with Crippen LogP contribution in [-0.4, -0.2) is 34.5 Å². The van der Waals surface area contributed by atoms with Crippen LogP contribution in [0.1, 0.15) is 42.7 Å². The van der Waals surface area contributed by atoms with Gasteiger partial charge in [-0.25, -0.2) is 14.1 Å². The Balaban J connectivity index is 1.46. The van der Waals surface area contributed by atoms with Crippen molar-refractivity contribution < 1.29 is 14.1 Å². The molecule has 0 amide bonds. The van der Waals surface area contributed by atoms with Crippen molar-refractivity contribution in [1.82, 2.24) is 29.5 Å². The standard InChI is InChI=1S/C24H23BrFN7O3/c1-14-17(11-31(30-14)10-16-3-4-16)12-32-23(28-13-29-32)20-6-5-19(26)8-21(20)15(2)36-22-7-18(25)9-27-24(22)33(34)35/h5-9,11,13,15-16H,3-4,10,12H2,1-2H3/t15-/m1/s1. The molecule has 0 radical (unpaired) electrons. The van der Waals surface area contributed by atoms with E-state index in [1.807, 2.05) is 17.8 Å². The fourth-order valence-electron chi connectivity index (χ4n) is 4.09. The third-order valence-electron chi connectivity index (χ3n) is 6.09. The number of aryl methyl sites for hydroxylation is 1. The van der Waals surface area contributed by atoms with Crippen molar-refractivity contribution in [1.29, 1.82) is 0 Å². The summed E-state index contributed by atoms with van der Waals surface area (Å²) in [4.78, 5) is 19.1. The summed E-state index contributed by atoms with van der Waals surface area (Å²) in [5.74, 6) is 0.312. The summed E-state index contributed by atoms with van der Waals surface area (Å²) in [5.41, 5.74) is 3.02. The minimum Gasteiger partial charge on any atom is -0.478 e. The molecular formula is C24H23BrFN7O3. The molecule has 186 valence electrons. The number of ether oxygens (including phenoxy) is 1. The maximum atomic E-state index is 14.3. The number of halogens is 2. The van der Waals surface area contributed by atoms with Crippen LogP contribution in [0.4, 0.5) is 10.2 Å². The van der Waals surface area contributed by atoms with Gasteiger partial charge in [-0.1, -0.05) is 0 Å². The summed E-state index contributed by atoms with van der Waals surface area (Å²) in [6.45, 7) is 5.01. The minimum absolute atomic E-state index is 0.0303. The van der Waals surface area contributed by atoms with E-state index in [2.05, 4.69) is 36.1 Å². The Bertz CT molecular complexity index is 1430. The average Bonchev–Trinajstić information content (AvgIpc) is 3.41. The van der Waals surface area contributed by atoms with Gasteiger partial charge in [-0.3, -0.25) is 4.68 Å². The second-order valence-electron chi connectivity index (χ2n) is 8.87. The molecule has 0 spiro atoms. The molecule has 5 rings (SSSR count). The highest BCUT2D eigenvalue weighted by atomic mass is 79.9. The molecule has 3 heterocycles. The van der Waals surface area contributed by atoms with E-state index in [-0.39, 0.29) is 5.75 Å². The minimum atomic E-state index is -0.751. The van der Waals surface area contributed by atoms with Crippen LogP contribution in [0.25, 0.3) is 11.4 Å². The van der Waals surface area contributed by atoms with Crippen LogP contribution < -0.4 is 4.74 Å². The number of rotatable bonds is 9. The van der Waals surface area contributed by atoms with E-state index < -0.39 is 22.7 Å². The van der Waals surface area contributed by atoms with E-state index in [0.717, 1.165) is 17.8 Å². The molecule has 1 saturated carbocycles. The van der Waals surface area contributed by atoms with Crippen LogP contribution in [0.15, 0.2) is 47.5 Å². The molecular weight excluding hydrogens is 533 g/mol. The lowest BCUT2D eigenvalue weighted by atomic mass is 10.0. The normalized spacial score (nSPS) is 14.1. The van der Waals surface area contributed by atoms with Crippen LogP contribution >= 0.6 is 15.9 Å². The Morgan fingerprint density at radius 1 is 1.31 bits per heavy atom. The molecule has 1 aliphatic rings. The van der Waals surface area contributed by atoms with E-state index in [4.69, 9.17) is 4.74 Å². The Morgan fingerprint density at radius 2 is 2.11 bits per heavy atom. The fraction of sp³-hybridized carbons (Fsp3) is 0.333. The van der Waals surface area contributed by atoms with Gasteiger partial charge in [-0.15, -0.1) is 0 Å². The maximum Gasteiger partial charge on any atom is 0.406 e. The number of nitrogens with zero attached hydrogens (tertiary/aromatic N) is 7. The predicted octanol–water partition coefficient (Wildman–Crippen LogP) is 5.25. The van der Waals surface area contributed by atoms with E-state index in [9.17, 15) is 14.5 Å². The number of nitro groups is 1. The van der Waals surface area contributed by atoms with Crippen LogP contribution in [0.2, 0.25) is 0 Å². The summed E-state index contributed by atoms with van der Waals surface area (Å²) >= 11 is 3.26. The van der Waals surface area contributed by atoms with Gasteiger partial charge < -0.3 is 14.9 Å². The molecule has 0 saturated heterocycles. The van der Waals surface area contributed by atoms with Crippen LogP contribution in [0, 0.1) is 28.8 Å². The molecule has 0 N–H and O–H groups in total. The van der Waals surface area contributed by atoms with Gasteiger partial charge >= 0.3 is 5.82 Å². The quantitative estimate of drug-likeness (QED) is 0.204. The monoisotopic (exact) mass is 555 g/mol. The van der Waals surface area contributed by atoms with Crippen molar-refractivity contribution in [2.45, 2.75) is 45.9 Å². The molecule has 3 aromatic heterocycles. The molecule has 10 nitrogen and oxygen atoms in total. The second kappa shape index (κ2) is 9.76. The maximum absolute atomic E-state index is 14.3. The molecule has 1 fully saturated rings. The zero-order valence-corrected chi connectivity index (χ0v) is 21.2. The average molecular weight is 556 g/mol. The molecule has 0 bridgehead atoms. The van der Waals surface area contributed by atoms with Crippen molar-refractivity contribution in [2.75, 3.05) is 0 Å². The summed E-state index contributed by atoms with van der Waals surface area (Å²) in [7, 11) is 0. The first-order valence-corrected chi connectivity index (χ1v) is 12.2. The van der Waals surface area contributed by atoms with Gasteiger partial charge in [-0.05, 0) is 76.6 Å². The molecule has 0 unspecified atom stereocenters. The molecule has 36 heavy (non-hydrogen) atoms. The number of hydrogen-bond donors (Lipinski definition) is 0. The van der Waals surface area contributed by atoms with Crippen LogP contribution in [0.5, 0.6) is 5.75 Å². The van der Waals surface area contributed by atoms with Crippen molar-refractivity contribution in [2.24, 2.45) is 5.92 Å². The first-order valence-electron chi connectivity index (χ1n) is 11.5. The summed E-state index contributed by atoms with van der Waals surface area (Å²) < 4.78 is 24.5. The number of hydrogen-bond acceptors (Lipinski definition) is 7. The van der Waals surface area contributed by atoms with Crippen LogP contribution in [0.3, 0.4) is 0 Å². The topological polar surface area (TPSA) is 114 Å². The highest BCUT2D eigenvalue weighted by molar-refractivity contribution is 9.10. The molecule has 4 aromatic rings. The fourth-order valence-corrected chi connectivity index (χ4v) is 4.40. The largest absolute Gasteiger partial charge is 0.478 e. The van der Waals surface area contributed by atoms with Crippen molar-refractivity contribution >= 4 is 21.7 Å². The molecule has 1 atom stereocenters. The zero-order chi connectivity index (χ0) is 25.4. The summed E-state index contributed by atoms with van der Waals surface area (Å²) in [6.07, 6.45) is 6.54. The smallest absolute Gasteiger partial charge is 0.406 e. The number of aromatic nitrogens is 6. The SMILES string of the molecule is Cc1nn(CC2CC2)cc1Cn1ncnc1-c1ccc(F)cc1[C@@H](C)Oc1cc(Br)cnc1[N+](=O)[O-]. The van der Waals surface area contributed by atoms with Gasteiger partial charge in [0.15, 0.2) is 12.0 Å². The number of pyridine rings is 1. The lowest BCUT2D eigenvalue weighted by Gasteiger charge is -2.18. The van der Waals surface area contributed by atoms with E-state index >= 15 is 0 Å². The summed E-state index contributed by atoms with van der Waals surface area (Å²) in [5, 5.41) is 20.5. The Hall–Kier alpha value is -3.67. The predicted molar refractivity (Wildman–Crippen MR) is 132 cm³/mol. The highest BCUT2D eigenvalue weighted by Crippen LogP contribution is 2.35. The Kier molecular flexibility index (Phi) is 6.52. The van der Waals surface area contributed by atoms with E-state index in [1.54, 1.807) is 17.7 Å². The molecule has 1 aliphatic carbocycles. The lowest BCUT2D eigenvalue weighted by Crippen LogP contribution is -2.10. The van der Waals surface area contributed by atoms with Gasteiger partial charge in [-0.2, -0.15) is 10.2 Å². The van der Waals surface area contributed by atoms with Crippen molar-refractivity contribution in [3.63, 3.8) is 0 Å². The lowest BCUT2D eigenvalue weighted by molar-refractivity contribution is -0.390. The van der Waals surface area contributed by atoms with Gasteiger partial charge in [0.1, 0.15) is 18.2 Å². The Labute approximate surface area is 214 Å². The van der Waals surface area contributed by atoms with Crippen molar-refractivity contribution in [3.8, 4) is 17.1 Å². The highest BCUT2D eigenvalue weighted by Gasteiger charge is 2.25. The third kappa shape index (κ3) is 5.13. The molecule has 1 aromatic carbocycles. The summed E-state index contributed by atoms with van der Waals surface area (Å²) in [6, 6.07) is 5.76. The van der Waals surface area contributed by atoms with Gasteiger partial charge in [0.25, 0.3) is 0 Å². The van der Waals surface area contributed by atoms with E-state index in [0.29, 0.717) is 33.9 Å².